The van der Waals surface area contributed by atoms with Crippen molar-refractivity contribution >= 4 is 23.5 Å². The summed E-state index contributed by atoms with van der Waals surface area (Å²) in [5.41, 5.74) is 0.450. The van der Waals surface area contributed by atoms with E-state index < -0.39 is 0 Å². The van der Waals surface area contributed by atoms with Gasteiger partial charge in [0.15, 0.2) is 0 Å². The molecule has 2 heterocycles. The molecule has 1 N–H and O–H groups in total. The summed E-state index contributed by atoms with van der Waals surface area (Å²) in [6.45, 7) is 2.51. The predicted octanol–water partition coefficient (Wildman–Crippen LogP) is 4.01. The smallest absolute Gasteiger partial charge is 0.323 e. The molecule has 21 heavy (non-hydrogen) atoms. The molecule has 2 aromatic rings. The number of nitrogens with zero attached hydrogens (tertiary/aromatic N) is 1. The summed E-state index contributed by atoms with van der Waals surface area (Å²) in [7, 11) is 0. The molecule has 1 atom stereocenters. The lowest BCUT2D eigenvalue weighted by atomic mass is 10.3. The number of carbonyl (C=O) groups excluding carboxylic acids is 1. The lowest BCUT2D eigenvalue weighted by molar-refractivity contribution is 0.209. The summed E-state index contributed by atoms with van der Waals surface area (Å²) in [5, 5.41) is 2.59. The van der Waals surface area contributed by atoms with Gasteiger partial charge < -0.3 is 14.6 Å². The number of amides is 2. The van der Waals surface area contributed by atoms with Crippen LogP contribution >= 0.6 is 11.8 Å². The van der Waals surface area contributed by atoms with E-state index in [9.17, 15) is 9.18 Å². The van der Waals surface area contributed by atoms with E-state index in [4.69, 9.17) is 4.42 Å². The van der Waals surface area contributed by atoms with Gasteiger partial charge in [-0.3, -0.25) is 0 Å². The molecule has 6 heteroatoms. The van der Waals surface area contributed by atoms with Gasteiger partial charge in [-0.05, 0) is 37.3 Å². The Labute approximate surface area is 126 Å². The van der Waals surface area contributed by atoms with Crippen LogP contribution in [0.5, 0.6) is 0 Å². The molecule has 2 amide bonds. The number of thioether (sulfide) groups is 1. The number of hydrogen-bond donors (Lipinski definition) is 1. The van der Waals surface area contributed by atoms with Crippen molar-refractivity contribution < 1.29 is 13.6 Å². The number of benzene rings is 1. The van der Waals surface area contributed by atoms with Crippen LogP contribution in [0, 0.1) is 12.7 Å². The SMILES string of the molecule is Cc1ccc([C@H]2SCCN2C(=O)Nc2cccc(F)c2)o1. The van der Waals surface area contributed by atoms with Gasteiger partial charge in [-0.25, -0.2) is 9.18 Å². The minimum Gasteiger partial charge on any atom is -0.463 e. The number of aryl methyl sites for hydroxylation is 1. The van der Waals surface area contributed by atoms with Crippen LogP contribution in [0.15, 0.2) is 40.8 Å². The third-order valence-corrected chi connectivity index (χ3v) is 4.45. The second-order valence-electron chi connectivity index (χ2n) is 4.81. The van der Waals surface area contributed by atoms with Crippen molar-refractivity contribution in [3.05, 3.63) is 53.7 Å². The van der Waals surface area contributed by atoms with Gasteiger partial charge in [0.1, 0.15) is 22.7 Å². The van der Waals surface area contributed by atoms with Crippen molar-refractivity contribution in [2.75, 3.05) is 17.6 Å². The maximum absolute atomic E-state index is 13.2. The number of carbonyl (C=O) groups is 1. The van der Waals surface area contributed by atoms with Crippen molar-refractivity contribution in [1.29, 1.82) is 0 Å². The zero-order valence-corrected chi connectivity index (χ0v) is 12.3. The normalized spacial score (nSPS) is 18.0. The fourth-order valence-electron chi connectivity index (χ4n) is 2.26. The monoisotopic (exact) mass is 306 g/mol. The average Bonchev–Trinajstić information content (AvgIpc) is 3.06. The second kappa shape index (κ2) is 5.81. The summed E-state index contributed by atoms with van der Waals surface area (Å²) in [6.07, 6.45) is 0. The highest BCUT2D eigenvalue weighted by Crippen LogP contribution is 2.38. The standard InChI is InChI=1S/C15H15FN2O2S/c1-10-5-6-13(20-10)14-18(7-8-21-14)15(19)17-12-4-2-3-11(16)9-12/h2-6,9,14H,7-8H2,1H3,(H,17,19)/t14-/m1/s1. The van der Waals surface area contributed by atoms with E-state index >= 15 is 0 Å². The fraction of sp³-hybridized carbons (Fsp3) is 0.267. The molecule has 4 nitrogen and oxygen atoms in total. The molecule has 110 valence electrons. The lowest BCUT2D eigenvalue weighted by Crippen LogP contribution is -2.34. The van der Waals surface area contributed by atoms with Crippen LogP contribution in [0.25, 0.3) is 0 Å². The van der Waals surface area contributed by atoms with E-state index in [1.165, 1.54) is 12.1 Å². The largest absolute Gasteiger partial charge is 0.463 e. The van der Waals surface area contributed by atoms with Crippen LogP contribution in [-0.2, 0) is 0 Å². The van der Waals surface area contributed by atoms with Crippen LogP contribution in [0.3, 0.4) is 0 Å². The summed E-state index contributed by atoms with van der Waals surface area (Å²) in [6, 6.07) is 9.40. The highest BCUT2D eigenvalue weighted by molar-refractivity contribution is 7.99. The number of rotatable bonds is 2. The number of halogens is 1. The molecular weight excluding hydrogens is 291 g/mol. The molecule has 0 aliphatic carbocycles. The summed E-state index contributed by atoms with van der Waals surface area (Å²) >= 11 is 1.66. The van der Waals surface area contributed by atoms with Crippen LogP contribution in [0.4, 0.5) is 14.9 Å². The van der Waals surface area contributed by atoms with Crippen LogP contribution in [0.1, 0.15) is 16.9 Å². The zero-order chi connectivity index (χ0) is 14.8. The Morgan fingerprint density at radius 3 is 3.00 bits per heavy atom. The summed E-state index contributed by atoms with van der Waals surface area (Å²) in [5.74, 6) is 2.07. The minimum absolute atomic E-state index is 0.132. The first-order chi connectivity index (χ1) is 10.1. The van der Waals surface area contributed by atoms with E-state index in [2.05, 4.69) is 5.32 Å². The van der Waals surface area contributed by atoms with Crippen molar-refractivity contribution in [3.8, 4) is 0 Å². The van der Waals surface area contributed by atoms with Gasteiger partial charge in [-0.1, -0.05) is 6.07 Å². The second-order valence-corrected chi connectivity index (χ2v) is 5.99. The van der Waals surface area contributed by atoms with E-state index in [0.717, 1.165) is 17.3 Å². The Bertz CT molecular complexity index is 659. The first-order valence-electron chi connectivity index (χ1n) is 6.64. The van der Waals surface area contributed by atoms with Crippen LogP contribution < -0.4 is 5.32 Å². The van der Waals surface area contributed by atoms with Gasteiger partial charge in [0.05, 0.1) is 0 Å². The van der Waals surface area contributed by atoms with E-state index in [1.807, 2.05) is 19.1 Å². The van der Waals surface area contributed by atoms with Crippen LogP contribution in [0.2, 0.25) is 0 Å². The van der Waals surface area contributed by atoms with E-state index in [1.54, 1.807) is 28.8 Å². The predicted molar refractivity (Wildman–Crippen MR) is 80.8 cm³/mol. The van der Waals surface area contributed by atoms with Gasteiger partial charge in [0.25, 0.3) is 0 Å². The van der Waals surface area contributed by atoms with Gasteiger partial charge in [0.2, 0.25) is 0 Å². The van der Waals surface area contributed by atoms with Gasteiger partial charge in [-0.15, -0.1) is 11.8 Å². The summed E-state index contributed by atoms with van der Waals surface area (Å²) < 4.78 is 18.8. The molecule has 1 saturated heterocycles. The maximum Gasteiger partial charge on any atom is 0.323 e. The molecule has 1 aromatic heterocycles. The highest BCUT2D eigenvalue weighted by atomic mass is 32.2. The fourth-order valence-corrected chi connectivity index (χ4v) is 3.46. The van der Waals surface area contributed by atoms with Crippen molar-refractivity contribution in [2.24, 2.45) is 0 Å². The minimum atomic E-state index is -0.373. The molecule has 1 aliphatic rings. The molecule has 1 fully saturated rings. The van der Waals surface area contributed by atoms with Crippen molar-refractivity contribution in [2.45, 2.75) is 12.3 Å². The maximum atomic E-state index is 13.2. The Kier molecular flexibility index (Phi) is 3.88. The Balaban J connectivity index is 1.74. The van der Waals surface area contributed by atoms with Gasteiger partial charge in [-0.2, -0.15) is 0 Å². The Morgan fingerprint density at radius 2 is 2.29 bits per heavy atom. The third-order valence-electron chi connectivity index (χ3n) is 3.23. The molecular formula is C15H15FN2O2S. The Morgan fingerprint density at radius 1 is 1.43 bits per heavy atom. The van der Waals surface area contributed by atoms with Gasteiger partial charge in [0, 0.05) is 18.0 Å². The topological polar surface area (TPSA) is 45.5 Å². The van der Waals surface area contributed by atoms with Crippen molar-refractivity contribution in [3.63, 3.8) is 0 Å². The van der Waals surface area contributed by atoms with E-state index in [0.29, 0.717) is 12.2 Å². The van der Waals surface area contributed by atoms with Crippen LogP contribution in [-0.4, -0.2) is 23.2 Å². The highest BCUT2D eigenvalue weighted by Gasteiger charge is 2.32. The number of anilines is 1. The van der Waals surface area contributed by atoms with Crippen molar-refractivity contribution in [1.82, 2.24) is 4.90 Å². The average molecular weight is 306 g/mol. The molecule has 0 radical (unpaired) electrons. The number of nitrogens with one attached hydrogen (secondary N) is 1. The Hall–Kier alpha value is -1.95. The van der Waals surface area contributed by atoms with Gasteiger partial charge >= 0.3 is 6.03 Å². The first-order valence-corrected chi connectivity index (χ1v) is 7.69. The molecule has 1 aliphatic heterocycles. The quantitative estimate of drug-likeness (QED) is 0.912. The third kappa shape index (κ3) is 3.05. The summed E-state index contributed by atoms with van der Waals surface area (Å²) in [4.78, 5) is 14.1. The molecule has 1 aromatic carbocycles. The lowest BCUT2D eigenvalue weighted by Gasteiger charge is -2.22. The number of hydrogen-bond acceptors (Lipinski definition) is 3. The van der Waals surface area contributed by atoms with E-state index in [-0.39, 0.29) is 17.2 Å². The number of urea groups is 1. The molecule has 0 saturated carbocycles. The molecule has 0 spiro atoms. The zero-order valence-electron chi connectivity index (χ0n) is 11.5. The first kappa shape index (κ1) is 14.0. The number of furan rings is 1. The molecule has 0 unspecified atom stereocenters. The molecule has 3 rings (SSSR count). The molecule has 0 bridgehead atoms.